The van der Waals surface area contributed by atoms with E-state index in [1.54, 1.807) is 0 Å². The molecule has 19 heavy (non-hydrogen) atoms. The predicted octanol–water partition coefficient (Wildman–Crippen LogP) is 2.58. The molecule has 0 bridgehead atoms. The molecule has 0 aliphatic heterocycles. The molecule has 0 aliphatic carbocycles. The number of nitrogens with zero attached hydrogens (tertiary/aromatic N) is 1. The minimum atomic E-state index is -4.47. The first-order valence-corrected chi connectivity index (χ1v) is 5.03. The highest BCUT2D eigenvalue weighted by atomic mass is 19.4. The number of nitro benzene ring substituents is 1. The molecule has 0 saturated heterocycles. The number of anilines is 1. The largest absolute Gasteiger partial charge is 0.506 e. The Kier molecular flexibility index (Phi) is 4.30. The maximum atomic E-state index is 11.9. The molecule has 1 rings (SSSR count). The number of hydrogen-bond donors (Lipinski definition) is 2. The summed E-state index contributed by atoms with van der Waals surface area (Å²) < 4.78 is 35.7. The summed E-state index contributed by atoms with van der Waals surface area (Å²) in [5, 5.41) is 21.8. The van der Waals surface area contributed by atoms with Gasteiger partial charge in [-0.1, -0.05) is 0 Å². The van der Waals surface area contributed by atoms with Crippen LogP contribution in [0.2, 0.25) is 0 Å². The molecule has 1 aromatic carbocycles. The summed E-state index contributed by atoms with van der Waals surface area (Å²) in [4.78, 5) is 20.9. The van der Waals surface area contributed by atoms with Crippen molar-refractivity contribution in [3.8, 4) is 5.75 Å². The smallest absolute Gasteiger partial charge is 0.389 e. The van der Waals surface area contributed by atoms with Gasteiger partial charge < -0.3 is 10.4 Å². The minimum Gasteiger partial charge on any atom is -0.506 e. The highest BCUT2D eigenvalue weighted by Gasteiger charge is 2.28. The highest BCUT2D eigenvalue weighted by molar-refractivity contribution is 5.92. The van der Waals surface area contributed by atoms with Gasteiger partial charge in [0, 0.05) is 18.6 Å². The van der Waals surface area contributed by atoms with E-state index in [-0.39, 0.29) is 5.69 Å². The molecular formula is C10H9F3N2O4. The van der Waals surface area contributed by atoms with E-state index in [9.17, 15) is 33.2 Å². The van der Waals surface area contributed by atoms with Crippen molar-refractivity contribution >= 4 is 17.3 Å². The van der Waals surface area contributed by atoms with Crippen LogP contribution in [0.25, 0.3) is 0 Å². The Balaban J connectivity index is 2.73. The van der Waals surface area contributed by atoms with Crippen molar-refractivity contribution in [2.24, 2.45) is 0 Å². The van der Waals surface area contributed by atoms with E-state index in [2.05, 4.69) is 0 Å². The number of nitro groups is 1. The zero-order valence-corrected chi connectivity index (χ0v) is 9.40. The van der Waals surface area contributed by atoms with Crippen molar-refractivity contribution in [3.05, 3.63) is 28.3 Å². The summed E-state index contributed by atoms with van der Waals surface area (Å²) in [5.74, 6) is -1.46. The Bertz CT molecular complexity index is 502. The van der Waals surface area contributed by atoms with Gasteiger partial charge in [0.2, 0.25) is 5.91 Å². The van der Waals surface area contributed by atoms with Crippen LogP contribution in [-0.2, 0) is 4.79 Å². The molecule has 6 nitrogen and oxygen atoms in total. The Morgan fingerprint density at radius 1 is 1.42 bits per heavy atom. The quantitative estimate of drug-likeness (QED) is 0.503. The van der Waals surface area contributed by atoms with Crippen LogP contribution < -0.4 is 5.32 Å². The van der Waals surface area contributed by atoms with Gasteiger partial charge in [-0.2, -0.15) is 13.2 Å². The van der Waals surface area contributed by atoms with E-state index in [0.717, 1.165) is 18.2 Å². The first-order chi connectivity index (χ1) is 8.69. The minimum absolute atomic E-state index is 0.304. The average molecular weight is 278 g/mol. The van der Waals surface area contributed by atoms with Gasteiger partial charge in [-0.25, -0.2) is 0 Å². The van der Waals surface area contributed by atoms with E-state index < -0.39 is 41.3 Å². The molecule has 0 aromatic heterocycles. The summed E-state index contributed by atoms with van der Waals surface area (Å²) in [5.41, 5.74) is -0.703. The molecule has 0 aliphatic rings. The number of halogens is 3. The van der Waals surface area contributed by atoms with Gasteiger partial charge in [0.25, 0.3) is 5.69 Å². The van der Waals surface area contributed by atoms with Crippen molar-refractivity contribution in [3.63, 3.8) is 0 Å². The zero-order chi connectivity index (χ0) is 14.6. The fourth-order valence-corrected chi connectivity index (χ4v) is 1.21. The number of alkyl halides is 3. The van der Waals surface area contributed by atoms with Crippen molar-refractivity contribution < 1.29 is 28.0 Å². The number of aromatic hydroxyl groups is 1. The summed E-state index contributed by atoms with van der Waals surface area (Å²) in [6.45, 7) is 0. The molecule has 0 saturated carbocycles. The van der Waals surface area contributed by atoms with Crippen LogP contribution in [0.5, 0.6) is 5.75 Å². The monoisotopic (exact) mass is 278 g/mol. The van der Waals surface area contributed by atoms with Crippen LogP contribution in [0.3, 0.4) is 0 Å². The molecule has 0 fully saturated rings. The fourth-order valence-electron chi connectivity index (χ4n) is 1.21. The van der Waals surface area contributed by atoms with E-state index in [4.69, 9.17) is 0 Å². The summed E-state index contributed by atoms with van der Waals surface area (Å²) in [6.07, 6.45) is -6.61. The van der Waals surface area contributed by atoms with Crippen LogP contribution in [0.1, 0.15) is 12.8 Å². The van der Waals surface area contributed by atoms with Crippen molar-refractivity contribution in [2.45, 2.75) is 19.0 Å². The molecular weight excluding hydrogens is 269 g/mol. The van der Waals surface area contributed by atoms with E-state index in [1.165, 1.54) is 0 Å². The Hall–Kier alpha value is -2.32. The molecule has 1 amide bonds. The van der Waals surface area contributed by atoms with Gasteiger partial charge in [-0.3, -0.25) is 14.9 Å². The van der Waals surface area contributed by atoms with Crippen LogP contribution in [0.15, 0.2) is 18.2 Å². The number of carbonyl (C=O) groups excluding carboxylic acids is 1. The number of non-ortho nitro benzene ring substituents is 1. The lowest BCUT2D eigenvalue weighted by Gasteiger charge is -2.08. The maximum Gasteiger partial charge on any atom is 0.389 e. The third-order valence-corrected chi connectivity index (χ3v) is 2.10. The van der Waals surface area contributed by atoms with Crippen LogP contribution >= 0.6 is 0 Å². The molecule has 0 unspecified atom stereocenters. The van der Waals surface area contributed by atoms with Crippen LogP contribution in [0.4, 0.5) is 24.5 Å². The first kappa shape index (κ1) is 14.7. The fraction of sp³-hybridized carbons (Fsp3) is 0.300. The SMILES string of the molecule is O=C(CCC(F)(F)F)Nc1cc([N+](=O)[O-])ccc1O. The second kappa shape index (κ2) is 5.55. The van der Waals surface area contributed by atoms with E-state index in [0.29, 0.717) is 0 Å². The van der Waals surface area contributed by atoms with E-state index in [1.807, 2.05) is 5.32 Å². The number of phenolic OH excluding ortho intramolecular Hbond substituents is 1. The Morgan fingerprint density at radius 2 is 2.05 bits per heavy atom. The number of benzene rings is 1. The van der Waals surface area contributed by atoms with Gasteiger partial charge in [-0.05, 0) is 6.07 Å². The molecule has 104 valence electrons. The van der Waals surface area contributed by atoms with Crippen LogP contribution in [-0.4, -0.2) is 22.1 Å². The van der Waals surface area contributed by atoms with Gasteiger partial charge in [-0.15, -0.1) is 0 Å². The summed E-state index contributed by atoms with van der Waals surface area (Å²) in [7, 11) is 0. The second-order valence-corrected chi connectivity index (χ2v) is 3.62. The zero-order valence-electron chi connectivity index (χ0n) is 9.40. The summed E-state index contributed by atoms with van der Waals surface area (Å²) >= 11 is 0. The summed E-state index contributed by atoms with van der Waals surface area (Å²) in [6, 6.07) is 2.83. The molecule has 9 heteroatoms. The lowest BCUT2D eigenvalue weighted by atomic mass is 10.2. The van der Waals surface area contributed by atoms with Gasteiger partial charge in [0.1, 0.15) is 5.75 Å². The number of carbonyl (C=O) groups is 1. The van der Waals surface area contributed by atoms with Crippen molar-refractivity contribution in [1.82, 2.24) is 0 Å². The Morgan fingerprint density at radius 3 is 2.58 bits per heavy atom. The maximum absolute atomic E-state index is 11.9. The number of nitrogens with one attached hydrogen (secondary N) is 1. The molecule has 0 heterocycles. The van der Waals surface area contributed by atoms with Crippen molar-refractivity contribution in [2.75, 3.05) is 5.32 Å². The molecule has 2 N–H and O–H groups in total. The highest BCUT2D eigenvalue weighted by Crippen LogP contribution is 2.28. The normalized spacial score (nSPS) is 11.1. The number of hydrogen-bond acceptors (Lipinski definition) is 4. The van der Waals surface area contributed by atoms with Crippen molar-refractivity contribution in [1.29, 1.82) is 0 Å². The lowest BCUT2D eigenvalue weighted by Crippen LogP contribution is -2.16. The standard InChI is InChI=1S/C10H9F3N2O4/c11-10(12,13)4-3-9(17)14-7-5-6(15(18)19)1-2-8(7)16/h1-2,5,16H,3-4H2,(H,14,17). The van der Waals surface area contributed by atoms with E-state index >= 15 is 0 Å². The molecule has 0 spiro atoms. The third-order valence-electron chi connectivity index (χ3n) is 2.10. The van der Waals surface area contributed by atoms with Crippen LogP contribution in [0, 0.1) is 10.1 Å². The lowest BCUT2D eigenvalue weighted by molar-refractivity contribution is -0.384. The Labute approximate surface area is 105 Å². The number of rotatable bonds is 4. The second-order valence-electron chi connectivity index (χ2n) is 3.62. The van der Waals surface area contributed by atoms with Gasteiger partial charge in [0.15, 0.2) is 0 Å². The molecule has 0 atom stereocenters. The first-order valence-electron chi connectivity index (χ1n) is 5.03. The van der Waals surface area contributed by atoms with Gasteiger partial charge >= 0.3 is 6.18 Å². The number of amides is 1. The predicted molar refractivity (Wildman–Crippen MR) is 58.7 cm³/mol. The topological polar surface area (TPSA) is 92.5 Å². The van der Waals surface area contributed by atoms with Gasteiger partial charge in [0.05, 0.1) is 17.0 Å². The number of phenols is 1. The third kappa shape index (κ3) is 4.82. The molecule has 1 aromatic rings. The molecule has 0 radical (unpaired) electrons. The average Bonchev–Trinajstić information content (AvgIpc) is 2.28.